The molecular weight excluding hydrogens is 316 g/mol. The molecule has 6 nitrogen and oxygen atoms in total. The monoisotopic (exact) mass is 352 g/mol. The van der Waals surface area contributed by atoms with Crippen LogP contribution in [0.5, 0.6) is 0 Å². The molecule has 1 aliphatic carbocycles. The van der Waals surface area contributed by atoms with Crippen molar-refractivity contribution in [2.45, 2.75) is 71.9 Å². The molecule has 1 amide bonds. The van der Waals surface area contributed by atoms with E-state index >= 15 is 0 Å². The molecule has 1 aliphatic heterocycles. The summed E-state index contributed by atoms with van der Waals surface area (Å²) in [5.41, 5.74) is 0.0723. The molecular formula is C19H36N4O2. The molecule has 0 spiro atoms. The van der Waals surface area contributed by atoms with Gasteiger partial charge in [0.15, 0.2) is 5.96 Å². The van der Waals surface area contributed by atoms with Crippen molar-refractivity contribution in [2.75, 3.05) is 32.8 Å². The van der Waals surface area contributed by atoms with E-state index in [1.807, 2.05) is 11.8 Å². The number of aliphatic imine (C=N–C) groups is 1. The van der Waals surface area contributed by atoms with Crippen LogP contribution in [0.4, 0.5) is 0 Å². The quantitative estimate of drug-likeness (QED) is 0.399. The Labute approximate surface area is 152 Å². The molecule has 2 atom stereocenters. The third kappa shape index (κ3) is 5.33. The Morgan fingerprint density at radius 3 is 2.60 bits per heavy atom. The zero-order valence-corrected chi connectivity index (χ0v) is 16.4. The van der Waals surface area contributed by atoms with Gasteiger partial charge >= 0.3 is 0 Å². The average Bonchev–Trinajstić information content (AvgIpc) is 3.12. The van der Waals surface area contributed by atoms with E-state index in [1.165, 1.54) is 0 Å². The Hall–Kier alpha value is -1.30. The molecule has 1 saturated heterocycles. The van der Waals surface area contributed by atoms with Crippen LogP contribution in [-0.4, -0.2) is 61.7 Å². The number of nitrogens with zero attached hydrogens (tertiary/aromatic N) is 2. The van der Waals surface area contributed by atoms with Gasteiger partial charge in [0.25, 0.3) is 0 Å². The minimum absolute atomic E-state index is 0.0723. The van der Waals surface area contributed by atoms with Gasteiger partial charge in [-0.15, -0.1) is 0 Å². The highest BCUT2D eigenvalue weighted by Gasteiger charge is 2.49. The summed E-state index contributed by atoms with van der Waals surface area (Å²) >= 11 is 0. The lowest BCUT2D eigenvalue weighted by Crippen LogP contribution is -2.63. The summed E-state index contributed by atoms with van der Waals surface area (Å²) in [5.74, 6) is 0.864. The van der Waals surface area contributed by atoms with Gasteiger partial charge in [0, 0.05) is 37.7 Å². The van der Waals surface area contributed by atoms with Gasteiger partial charge in [0.2, 0.25) is 5.91 Å². The summed E-state index contributed by atoms with van der Waals surface area (Å²) in [6.45, 7) is 12.3. The number of hydrogen-bond acceptors (Lipinski definition) is 3. The van der Waals surface area contributed by atoms with Crippen LogP contribution in [0.25, 0.3) is 0 Å². The highest BCUT2D eigenvalue weighted by Crippen LogP contribution is 2.42. The lowest BCUT2D eigenvalue weighted by atomic mass is 9.64. The van der Waals surface area contributed by atoms with Crippen molar-refractivity contribution < 1.29 is 9.53 Å². The van der Waals surface area contributed by atoms with Gasteiger partial charge in [-0.1, -0.05) is 27.2 Å². The van der Waals surface area contributed by atoms with E-state index in [-0.39, 0.29) is 17.9 Å². The van der Waals surface area contributed by atoms with Crippen LogP contribution in [-0.2, 0) is 9.53 Å². The Balaban J connectivity index is 1.84. The van der Waals surface area contributed by atoms with Gasteiger partial charge in [0.1, 0.15) is 6.54 Å². The molecule has 0 aromatic heterocycles. The minimum Gasteiger partial charge on any atom is -0.378 e. The molecule has 2 N–H and O–H groups in total. The van der Waals surface area contributed by atoms with E-state index < -0.39 is 0 Å². The molecule has 0 bridgehead atoms. The van der Waals surface area contributed by atoms with E-state index in [9.17, 15) is 4.79 Å². The normalized spacial score (nSPS) is 25.6. The molecule has 2 rings (SSSR count). The van der Waals surface area contributed by atoms with Gasteiger partial charge < -0.3 is 20.3 Å². The van der Waals surface area contributed by atoms with Crippen LogP contribution in [0.1, 0.15) is 59.8 Å². The Morgan fingerprint density at radius 1 is 1.28 bits per heavy atom. The summed E-state index contributed by atoms with van der Waals surface area (Å²) < 4.78 is 6.01. The topological polar surface area (TPSA) is 66.0 Å². The van der Waals surface area contributed by atoms with Crippen LogP contribution in [0, 0.1) is 5.41 Å². The molecule has 1 heterocycles. The number of likely N-dealkylation sites (tertiary alicyclic amines) is 1. The number of ether oxygens (including phenoxy) is 1. The number of amides is 1. The Kier molecular flexibility index (Phi) is 7.54. The second-order valence-corrected chi connectivity index (χ2v) is 7.75. The number of nitrogens with one attached hydrogen (secondary N) is 2. The van der Waals surface area contributed by atoms with Crippen molar-refractivity contribution >= 4 is 11.9 Å². The first-order valence-electron chi connectivity index (χ1n) is 9.93. The average molecular weight is 353 g/mol. The van der Waals surface area contributed by atoms with Crippen molar-refractivity contribution in [1.82, 2.24) is 15.5 Å². The van der Waals surface area contributed by atoms with Crippen LogP contribution in [0.2, 0.25) is 0 Å². The third-order valence-corrected chi connectivity index (χ3v) is 5.48. The zero-order chi connectivity index (χ0) is 18.3. The lowest BCUT2D eigenvalue weighted by molar-refractivity contribution is -0.128. The molecule has 2 aliphatic rings. The van der Waals surface area contributed by atoms with Crippen molar-refractivity contribution in [3.63, 3.8) is 0 Å². The van der Waals surface area contributed by atoms with E-state index in [2.05, 4.69) is 36.4 Å². The first-order chi connectivity index (χ1) is 12.0. The summed E-state index contributed by atoms with van der Waals surface area (Å²) in [4.78, 5) is 18.6. The number of unbranched alkanes of at least 4 members (excludes halogenated alkanes) is 1. The molecule has 2 unspecified atom stereocenters. The molecule has 0 aromatic rings. The number of carbonyl (C=O) groups excluding carboxylic acids is 1. The standard InChI is InChI=1S/C19H36N4O2/c1-5-7-12-25-16-13-15(19(16,3)4)22-18(20-6-2)21-14-17(24)23-10-8-9-11-23/h15-16H,5-14H2,1-4H3,(H2,20,21,22). The SMILES string of the molecule is CCCCOC1CC(NC(=NCC(=O)N2CCCC2)NCC)C1(C)C. The minimum atomic E-state index is 0.0723. The fourth-order valence-corrected chi connectivity index (χ4v) is 3.48. The van der Waals surface area contributed by atoms with E-state index in [4.69, 9.17) is 4.74 Å². The number of hydrogen-bond donors (Lipinski definition) is 2. The highest BCUT2D eigenvalue weighted by molar-refractivity contribution is 5.85. The smallest absolute Gasteiger partial charge is 0.244 e. The van der Waals surface area contributed by atoms with Crippen molar-refractivity contribution in [2.24, 2.45) is 10.4 Å². The van der Waals surface area contributed by atoms with Gasteiger partial charge in [-0.05, 0) is 32.6 Å². The second-order valence-electron chi connectivity index (χ2n) is 7.75. The molecule has 0 radical (unpaired) electrons. The maximum absolute atomic E-state index is 12.2. The highest BCUT2D eigenvalue weighted by atomic mass is 16.5. The molecule has 6 heteroatoms. The van der Waals surface area contributed by atoms with Crippen LogP contribution >= 0.6 is 0 Å². The third-order valence-electron chi connectivity index (χ3n) is 5.48. The van der Waals surface area contributed by atoms with Crippen molar-refractivity contribution in [3.8, 4) is 0 Å². The van der Waals surface area contributed by atoms with E-state index in [0.29, 0.717) is 12.1 Å². The predicted octanol–water partition coefficient (Wildman–Crippen LogP) is 2.15. The fourth-order valence-electron chi connectivity index (χ4n) is 3.48. The summed E-state index contributed by atoms with van der Waals surface area (Å²) in [6.07, 6.45) is 5.80. The molecule has 0 aromatic carbocycles. The summed E-state index contributed by atoms with van der Waals surface area (Å²) in [6, 6.07) is 0.318. The first kappa shape index (κ1) is 20.0. The van der Waals surface area contributed by atoms with Crippen molar-refractivity contribution in [3.05, 3.63) is 0 Å². The molecule has 25 heavy (non-hydrogen) atoms. The number of guanidine groups is 1. The maximum atomic E-state index is 12.2. The van der Waals surface area contributed by atoms with Gasteiger partial charge in [-0.2, -0.15) is 0 Å². The fraction of sp³-hybridized carbons (Fsp3) is 0.895. The van der Waals surface area contributed by atoms with E-state index in [0.717, 1.165) is 64.3 Å². The summed E-state index contributed by atoms with van der Waals surface area (Å²) in [7, 11) is 0. The van der Waals surface area contributed by atoms with Crippen LogP contribution in [0.15, 0.2) is 4.99 Å². The maximum Gasteiger partial charge on any atom is 0.244 e. The Morgan fingerprint density at radius 2 is 2.00 bits per heavy atom. The van der Waals surface area contributed by atoms with E-state index in [1.54, 1.807) is 0 Å². The number of rotatable bonds is 8. The molecule has 1 saturated carbocycles. The predicted molar refractivity (Wildman–Crippen MR) is 102 cm³/mol. The lowest BCUT2D eigenvalue weighted by Gasteiger charge is -2.52. The Bertz CT molecular complexity index is 458. The van der Waals surface area contributed by atoms with Gasteiger partial charge in [0.05, 0.1) is 6.10 Å². The van der Waals surface area contributed by atoms with Crippen LogP contribution < -0.4 is 10.6 Å². The molecule has 144 valence electrons. The van der Waals surface area contributed by atoms with Gasteiger partial charge in [-0.25, -0.2) is 4.99 Å². The first-order valence-corrected chi connectivity index (χ1v) is 9.93. The van der Waals surface area contributed by atoms with Crippen molar-refractivity contribution in [1.29, 1.82) is 0 Å². The van der Waals surface area contributed by atoms with Gasteiger partial charge in [-0.3, -0.25) is 4.79 Å². The number of carbonyl (C=O) groups is 1. The van der Waals surface area contributed by atoms with Crippen LogP contribution in [0.3, 0.4) is 0 Å². The zero-order valence-electron chi connectivity index (χ0n) is 16.4. The molecule has 2 fully saturated rings. The largest absolute Gasteiger partial charge is 0.378 e. The second kappa shape index (κ2) is 9.41. The summed E-state index contributed by atoms with van der Waals surface area (Å²) in [5, 5.41) is 6.76.